The van der Waals surface area contributed by atoms with Crippen LogP contribution in [0.3, 0.4) is 0 Å². The zero-order chi connectivity index (χ0) is 25.7. The van der Waals surface area contributed by atoms with Crippen LogP contribution in [0.15, 0.2) is 66.7 Å². The van der Waals surface area contributed by atoms with Crippen molar-refractivity contribution in [2.45, 2.75) is 58.7 Å². The molecular weight excluding hydrogens is 455 g/mol. The molecule has 0 unspecified atom stereocenters. The fourth-order valence-electron chi connectivity index (χ4n) is 4.77. The summed E-state index contributed by atoms with van der Waals surface area (Å²) >= 11 is 0. The van der Waals surface area contributed by atoms with E-state index in [0.717, 1.165) is 23.1 Å². The van der Waals surface area contributed by atoms with E-state index in [1.54, 1.807) is 12.1 Å². The molecule has 0 aliphatic carbocycles. The Bertz CT molecular complexity index is 1240. The van der Waals surface area contributed by atoms with Gasteiger partial charge in [0.25, 0.3) is 5.91 Å². The third-order valence-electron chi connectivity index (χ3n) is 6.62. The smallest absolute Gasteiger partial charge is 0.261 e. The minimum Gasteiger partial charge on any atom is -0.481 e. The number of hydrogen-bond acceptors (Lipinski definition) is 3. The number of benzene rings is 3. The van der Waals surface area contributed by atoms with Crippen LogP contribution in [0.1, 0.15) is 60.5 Å². The molecule has 4 rings (SSSR count). The lowest BCUT2D eigenvalue weighted by Crippen LogP contribution is -2.40. The number of aryl methyl sites for hydroxylation is 1. The number of amides is 2. The van der Waals surface area contributed by atoms with E-state index in [0.29, 0.717) is 30.7 Å². The molecule has 1 N–H and O–H groups in total. The first-order valence-electron chi connectivity index (χ1n) is 12.6. The van der Waals surface area contributed by atoms with Crippen LogP contribution in [-0.2, 0) is 22.6 Å². The third-order valence-corrected chi connectivity index (χ3v) is 6.62. The van der Waals surface area contributed by atoms with E-state index in [1.165, 1.54) is 17.7 Å². The maximum atomic E-state index is 13.5. The summed E-state index contributed by atoms with van der Waals surface area (Å²) < 4.78 is 19.6. The molecule has 3 aromatic rings. The predicted molar refractivity (Wildman–Crippen MR) is 138 cm³/mol. The van der Waals surface area contributed by atoms with Gasteiger partial charge in [-0.05, 0) is 66.3 Å². The first kappa shape index (κ1) is 25.4. The molecular formula is C30H33FN2O3. The summed E-state index contributed by atoms with van der Waals surface area (Å²) in [6, 6.07) is 20.1. The van der Waals surface area contributed by atoms with Crippen LogP contribution in [0, 0.1) is 12.7 Å². The quantitative estimate of drug-likeness (QED) is 0.456. The maximum absolute atomic E-state index is 13.5. The zero-order valence-corrected chi connectivity index (χ0v) is 21.1. The monoisotopic (exact) mass is 488 g/mol. The van der Waals surface area contributed by atoms with Gasteiger partial charge in [-0.3, -0.25) is 9.59 Å². The normalized spacial score (nSPS) is 15.7. The Labute approximate surface area is 212 Å². The number of carbonyl (C=O) groups excluding carboxylic acids is 2. The van der Waals surface area contributed by atoms with E-state index in [4.69, 9.17) is 4.74 Å². The molecule has 5 nitrogen and oxygen atoms in total. The van der Waals surface area contributed by atoms with Crippen LogP contribution in [0.2, 0.25) is 0 Å². The molecule has 0 bridgehead atoms. The highest BCUT2D eigenvalue weighted by molar-refractivity contribution is 5.81. The average molecular weight is 489 g/mol. The molecule has 6 heteroatoms. The van der Waals surface area contributed by atoms with Gasteiger partial charge >= 0.3 is 0 Å². The lowest BCUT2D eigenvalue weighted by molar-refractivity contribution is -0.133. The molecule has 0 saturated heterocycles. The molecule has 1 aliphatic heterocycles. The topological polar surface area (TPSA) is 58.6 Å². The Kier molecular flexibility index (Phi) is 8.04. The van der Waals surface area contributed by atoms with E-state index in [9.17, 15) is 14.0 Å². The van der Waals surface area contributed by atoms with Gasteiger partial charge in [0.2, 0.25) is 5.91 Å². The van der Waals surface area contributed by atoms with Crippen molar-refractivity contribution in [1.82, 2.24) is 10.2 Å². The first-order valence-corrected chi connectivity index (χ1v) is 12.6. The van der Waals surface area contributed by atoms with Crippen molar-refractivity contribution < 1.29 is 18.7 Å². The number of rotatable bonds is 8. The van der Waals surface area contributed by atoms with E-state index in [1.807, 2.05) is 56.0 Å². The Morgan fingerprint density at radius 1 is 1.08 bits per heavy atom. The molecule has 1 heterocycles. The van der Waals surface area contributed by atoms with Crippen LogP contribution in [0.5, 0.6) is 5.75 Å². The van der Waals surface area contributed by atoms with E-state index in [-0.39, 0.29) is 30.2 Å². The highest BCUT2D eigenvalue weighted by Gasteiger charge is 2.32. The van der Waals surface area contributed by atoms with Crippen molar-refractivity contribution in [3.63, 3.8) is 0 Å². The lowest BCUT2D eigenvalue weighted by atomic mass is 9.87. The number of fused-ring (bicyclic) bond motifs is 1. The van der Waals surface area contributed by atoms with Crippen LogP contribution in [0.4, 0.5) is 4.39 Å². The van der Waals surface area contributed by atoms with E-state index >= 15 is 0 Å². The molecule has 0 radical (unpaired) electrons. The summed E-state index contributed by atoms with van der Waals surface area (Å²) in [7, 11) is 0. The second-order valence-corrected chi connectivity index (χ2v) is 9.23. The number of hydrogen-bond donors (Lipinski definition) is 1. The van der Waals surface area contributed by atoms with E-state index in [2.05, 4.69) is 17.4 Å². The lowest BCUT2D eigenvalue weighted by Gasteiger charge is -2.38. The maximum Gasteiger partial charge on any atom is 0.261 e. The minimum absolute atomic E-state index is 0.113. The summed E-state index contributed by atoms with van der Waals surface area (Å²) in [6.45, 7) is 6.72. The van der Waals surface area contributed by atoms with Gasteiger partial charge in [-0.15, -0.1) is 0 Å². The van der Waals surface area contributed by atoms with Crippen molar-refractivity contribution >= 4 is 11.8 Å². The number of carbonyl (C=O) groups is 2. The molecule has 3 aromatic carbocycles. The minimum atomic E-state index is -0.689. The SMILES string of the molecule is CCC(=O)N1CCc2ccc(O[C@@H](CC)C(=O)NCc3cccc(F)c3)cc2[C@@H]1c1cccc(C)c1. The Morgan fingerprint density at radius 3 is 2.61 bits per heavy atom. The van der Waals surface area contributed by atoms with Crippen molar-refractivity contribution in [3.05, 3.63) is 100 Å². The van der Waals surface area contributed by atoms with Gasteiger partial charge in [-0.25, -0.2) is 4.39 Å². The summed E-state index contributed by atoms with van der Waals surface area (Å²) in [5.74, 6) is 0.113. The van der Waals surface area contributed by atoms with Crippen LogP contribution in [0.25, 0.3) is 0 Å². The number of nitrogens with zero attached hydrogens (tertiary/aromatic N) is 1. The zero-order valence-electron chi connectivity index (χ0n) is 21.1. The van der Waals surface area contributed by atoms with Crippen molar-refractivity contribution in [2.24, 2.45) is 0 Å². The van der Waals surface area contributed by atoms with Gasteiger partial charge < -0.3 is 15.0 Å². The molecule has 36 heavy (non-hydrogen) atoms. The second-order valence-electron chi connectivity index (χ2n) is 9.23. The molecule has 0 saturated carbocycles. The number of nitrogens with one attached hydrogen (secondary N) is 1. The fourth-order valence-corrected chi connectivity index (χ4v) is 4.77. The Balaban J connectivity index is 1.57. The van der Waals surface area contributed by atoms with Gasteiger partial charge in [0, 0.05) is 19.5 Å². The highest BCUT2D eigenvalue weighted by Crippen LogP contribution is 2.38. The first-order chi connectivity index (χ1) is 17.4. The molecule has 0 aromatic heterocycles. The van der Waals surface area contributed by atoms with Gasteiger partial charge in [0.15, 0.2) is 6.10 Å². The molecule has 2 atom stereocenters. The molecule has 188 valence electrons. The number of ether oxygens (including phenoxy) is 1. The Morgan fingerprint density at radius 2 is 1.89 bits per heavy atom. The fraction of sp³-hybridized carbons (Fsp3) is 0.333. The van der Waals surface area contributed by atoms with Gasteiger partial charge in [0.1, 0.15) is 11.6 Å². The average Bonchev–Trinajstić information content (AvgIpc) is 2.89. The highest BCUT2D eigenvalue weighted by atomic mass is 19.1. The van der Waals surface area contributed by atoms with Crippen molar-refractivity contribution in [3.8, 4) is 5.75 Å². The summed E-state index contributed by atoms with van der Waals surface area (Å²) in [6.07, 6.45) is 1.01. The molecule has 1 aliphatic rings. The Hall–Kier alpha value is -3.67. The second kappa shape index (κ2) is 11.4. The largest absolute Gasteiger partial charge is 0.481 e. The summed E-state index contributed by atoms with van der Waals surface area (Å²) in [5.41, 5.74) is 5.10. The van der Waals surface area contributed by atoms with Gasteiger partial charge in [-0.2, -0.15) is 0 Å². The summed E-state index contributed by atoms with van der Waals surface area (Å²) in [4.78, 5) is 27.7. The van der Waals surface area contributed by atoms with Crippen molar-refractivity contribution in [2.75, 3.05) is 6.54 Å². The molecule has 0 fully saturated rings. The van der Waals surface area contributed by atoms with Crippen molar-refractivity contribution in [1.29, 1.82) is 0 Å². The van der Waals surface area contributed by atoms with E-state index < -0.39 is 6.10 Å². The van der Waals surface area contributed by atoms with Crippen LogP contribution < -0.4 is 10.1 Å². The van der Waals surface area contributed by atoms with Gasteiger partial charge in [-0.1, -0.05) is 61.9 Å². The standard InChI is InChI=1S/C30H33FN2O3/c1-4-27(30(35)32-19-21-9-7-11-24(31)17-21)36-25-13-12-22-14-15-33(28(34)5-2)29(26(22)18-25)23-10-6-8-20(3)16-23/h6-13,16-18,27,29H,4-5,14-15,19H2,1-3H3,(H,32,35)/t27-,29-/m0/s1. The van der Waals surface area contributed by atoms with Crippen LogP contribution in [-0.4, -0.2) is 29.4 Å². The van der Waals surface area contributed by atoms with Crippen LogP contribution >= 0.6 is 0 Å². The third kappa shape index (κ3) is 5.76. The molecule has 2 amide bonds. The predicted octanol–water partition coefficient (Wildman–Crippen LogP) is 5.49. The van der Waals surface area contributed by atoms with Gasteiger partial charge in [0.05, 0.1) is 6.04 Å². The summed E-state index contributed by atoms with van der Waals surface area (Å²) in [5, 5.41) is 2.85. The number of halogens is 1. The molecule has 0 spiro atoms.